The van der Waals surface area contributed by atoms with Gasteiger partial charge in [0.25, 0.3) is 0 Å². The minimum atomic E-state index is -0.267. The van der Waals surface area contributed by atoms with Gasteiger partial charge in [-0.1, -0.05) is 30.3 Å². The number of ketones is 1. The fourth-order valence-electron chi connectivity index (χ4n) is 1.81. The summed E-state index contributed by atoms with van der Waals surface area (Å²) in [4.78, 5) is 11.3. The van der Waals surface area contributed by atoms with E-state index in [1.165, 1.54) is 13.0 Å². The molecule has 2 heteroatoms. The maximum atomic E-state index is 13.7. The summed E-state index contributed by atoms with van der Waals surface area (Å²) in [6.45, 7) is 3.42. The van der Waals surface area contributed by atoms with Crippen molar-refractivity contribution in [2.24, 2.45) is 0 Å². The molecule has 0 spiro atoms. The minimum absolute atomic E-state index is 0.0115. The van der Waals surface area contributed by atoms with E-state index in [9.17, 15) is 9.18 Å². The smallest absolute Gasteiger partial charge is 0.159 e. The molecule has 0 aliphatic heterocycles. The van der Waals surface area contributed by atoms with Crippen LogP contribution in [0.25, 0.3) is 11.1 Å². The molecule has 0 bridgehead atoms. The summed E-state index contributed by atoms with van der Waals surface area (Å²) in [5, 5.41) is 0. The van der Waals surface area contributed by atoms with Crippen LogP contribution in [0.5, 0.6) is 0 Å². The maximum absolute atomic E-state index is 13.7. The Labute approximate surface area is 99.9 Å². The molecule has 0 saturated heterocycles. The first kappa shape index (κ1) is 11.5. The topological polar surface area (TPSA) is 17.1 Å². The molecule has 0 N–H and O–H groups in total. The Balaban J connectivity index is 2.63. The fraction of sp³-hybridized carbons (Fsp3) is 0.133. The van der Waals surface area contributed by atoms with Gasteiger partial charge in [-0.15, -0.1) is 0 Å². The highest BCUT2D eigenvalue weighted by atomic mass is 19.1. The van der Waals surface area contributed by atoms with E-state index < -0.39 is 0 Å². The molecule has 2 aromatic rings. The molecule has 0 fully saturated rings. The van der Waals surface area contributed by atoms with E-state index in [0.29, 0.717) is 11.1 Å². The van der Waals surface area contributed by atoms with Crippen molar-refractivity contribution < 1.29 is 9.18 Å². The summed E-state index contributed by atoms with van der Waals surface area (Å²) in [7, 11) is 0. The SMILES string of the molecule is CC(=O)c1ccc(C)c(-c2ccccc2F)c1. The van der Waals surface area contributed by atoms with Gasteiger partial charge in [-0.05, 0) is 37.1 Å². The predicted molar refractivity (Wildman–Crippen MR) is 66.6 cm³/mol. The van der Waals surface area contributed by atoms with Gasteiger partial charge in [-0.25, -0.2) is 4.39 Å². The molecule has 1 nitrogen and oxygen atoms in total. The monoisotopic (exact) mass is 228 g/mol. The minimum Gasteiger partial charge on any atom is -0.295 e. The normalized spacial score (nSPS) is 10.3. The van der Waals surface area contributed by atoms with Gasteiger partial charge in [0.15, 0.2) is 5.78 Å². The van der Waals surface area contributed by atoms with Crippen molar-refractivity contribution in [3.8, 4) is 11.1 Å². The molecule has 17 heavy (non-hydrogen) atoms. The van der Waals surface area contributed by atoms with Crippen LogP contribution in [-0.2, 0) is 0 Å². The zero-order chi connectivity index (χ0) is 12.4. The highest BCUT2D eigenvalue weighted by Gasteiger charge is 2.09. The molecule has 0 unspecified atom stereocenters. The number of rotatable bonds is 2. The van der Waals surface area contributed by atoms with Gasteiger partial charge in [-0.3, -0.25) is 4.79 Å². The molecule has 2 aromatic carbocycles. The molecule has 0 radical (unpaired) electrons. The summed E-state index contributed by atoms with van der Waals surface area (Å²) >= 11 is 0. The summed E-state index contributed by atoms with van der Waals surface area (Å²) in [6, 6.07) is 12.0. The Morgan fingerprint density at radius 3 is 2.41 bits per heavy atom. The fourth-order valence-corrected chi connectivity index (χ4v) is 1.81. The molecular weight excluding hydrogens is 215 g/mol. The third-order valence-corrected chi connectivity index (χ3v) is 2.81. The molecule has 0 amide bonds. The lowest BCUT2D eigenvalue weighted by molar-refractivity contribution is 0.101. The summed E-state index contributed by atoms with van der Waals surface area (Å²) in [5.41, 5.74) is 2.87. The molecule has 0 aliphatic rings. The number of aryl methyl sites for hydroxylation is 1. The van der Waals surface area contributed by atoms with Crippen molar-refractivity contribution >= 4 is 5.78 Å². The van der Waals surface area contributed by atoms with Crippen molar-refractivity contribution in [1.29, 1.82) is 0 Å². The Kier molecular flexibility index (Phi) is 3.05. The molecule has 0 aromatic heterocycles. The Bertz CT molecular complexity index is 573. The first-order valence-corrected chi connectivity index (χ1v) is 5.46. The van der Waals surface area contributed by atoms with Crippen LogP contribution in [0.4, 0.5) is 4.39 Å². The van der Waals surface area contributed by atoms with E-state index in [1.54, 1.807) is 30.3 Å². The van der Waals surface area contributed by atoms with E-state index in [0.717, 1.165) is 11.1 Å². The zero-order valence-electron chi connectivity index (χ0n) is 9.83. The molecule has 0 aliphatic carbocycles. The highest BCUT2D eigenvalue weighted by Crippen LogP contribution is 2.27. The van der Waals surface area contributed by atoms with Gasteiger partial charge in [0.1, 0.15) is 5.82 Å². The van der Waals surface area contributed by atoms with E-state index in [2.05, 4.69) is 0 Å². The summed E-state index contributed by atoms with van der Waals surface area (Å²) in [6.07, 6.45) is 0. The second kappa shape index (κ2) is 4.50. The van der Waals surface area contributed by atoms with E-state index in [-0.39, 0.29) is 11.6 Å². The first-order valence-electron chi connectivity index (χ1n) is 5.46. The van der Waals surface area contributed by atoms with Gasteiger partial charge in [-0.2, -0.15) is 0 Å². The third kappa shape index (κ3) is 2.26. The van der Waals surface area contributed by atoms with Gasteiger partial charge < -0.3 is 0 Å². The zero-order valence-corrected chi connectivity index (χ0v) is 9.83. The van der Waals surface area contributed by atoms with Crippen LogP contribution in [0.3, 0.4) is 0 Å². The van der Waals surface area contributed by atoms with E-state index >= 15 is 0 Å². The Morgan fingerprint density at radius 1 is 1.06 bits per heavy atom. The van der Waals surface area contributed by atoms with Crippen LogP contribution in [0.15, 0.2) is 42.5 Å². The molecule has 0 atom stereocenters. The van der Waals surface area contributed by atoms with Gasteiger partial charge in [0.2, 0.25) is 0 Å². The predicted octanol–water partition coefficient (Wildman–Crippen LogP) is 4.00. The number of benzene rings is 2. The van der Waals surface area contributed by atoms with Crippen LogP contribution in [-0.4, -0.2) is 5.78 Å². The largest absolute Gasteiger partial charge is 0.295 e. The van der Waals surface area contributed by atoms with Crippen molar-refractivity contribution in [3.05, 3.63) is 59.4 Å². The lowest BCUT2D eigenvalue weighted by Gasteiger charge is -2.08. The van der Waals surface area contributed by atoms with Gasteiger partial charge in [0, 0.05) is 11.1 Å². The van der Waals surface area contributed by atoms with Crippen LogP contribution >= 0.6 is 0 Å². The number of hydrogen-bond acceptors (Lipinski definition) is 1. The number of Topliss-reactive ketones (excluding diaryl/α,β-unsaturated/α-hetero) is 1. The third-order valence-electron chi connectivity index (χ3n) is 2.81. The number of carbonyl (C=O) groups is 1. The van der Waals surface area contributed by atoms with Crippen molar-refractivity contribution in [2.45, 2.75) is 13.8 Å². The average Bonchev–Trinajstić information content (AvgIpc) is 2.30. The molecule has 86 valence electrons. The summed E-state index contributed by atoms with van der Waals surface area (Å²) in [5.74, 6) is -0.279. The number of hydrogen-bond donors (Lipinski definition) is 0. The number of halogens is 1. The van der Waals surface area contributed by atoms with Crippen LogP contribution in [0.1, 0.15) is 22.8 Å². The highest BCUT2D eigenvalue weighted by molar-refractivity contribution is 5.95. The van der Waals surface area contributed by atoms with E-state index in [1.807, 2.05) is 13.0 Å². The average molecular weight is 228 g/mol. The molecular formula is C15H13FO. The molecule has 0 heterocycles. The van der Waals surface area contributed by atoms with Crippen LogP contribution in [0.2, 0.25) is 0 Å². The molecule has 0 saturated carbocycles. The van der Waals surface area contributed by atoms with Gasteiger partial charge >= 0.3 is 0 Å². The van der Waals surface area contributed by atoms with Crippen molar-refractivity contribution in [2.75, 3.05) is 0 Å². The summed E-state index contributed by atoms with van der Waals surface area (Å²) < 4.78 is 13.7. The molecule has 2 rings (SSSR count). The van der Waals surface area contributed by atoms with Crippen LogP contribution in [0, 0.1) is 12.7 Å². The number of carbonyl (C=O) groups excluding carboxylic acids is 1. The van der Waals surface area contributed by atoms with E-state index in [4.69, 9.17) is 0 Å². The lowest BCUT2D eigenvalue weighted by atomic mass is 9.97. The first-order chi connectivity index (χ1) is 8.09. The Hall–Kier alpha value is -1.96. The lowest BCUT2D eigenvalue weighted by Crippen LogP contribution is -1.95. The van der Waals surface area contributed by atoms with Crippen molar-refractivity contribution in [3.63, 3.8) is 0 Å². The Morgan fingerprint density at radius 2 is 1.76 bits per heavy atom. The van der Waals surface area contributed by atoms with Crippen LogP contribution < -0.4 is 0 Å². The van der Waals surface area contributed by atoms with Crippen molar-refractivity contribution in [1.82, 2.24) is 0 Å². The second-order valence-electron chi connectivity index (χ2n) is 4.07. The maximum Gasteiger partial charge on any atom is 0.159 e. The van der Waals surface area contributed by atoms with Gasteiger partial charge in [0.05, 0.1) is 0 Å². The second-order valence-corrected chi connectivity index (χ2v) is 4.07. The standard InChI is InChI=1S/C15H13FO/c1-10-7-8-12(11(2)17)9-14(10)13-5-3-4-6-15(13)16/h3-9H,1-2H3. The quantitative estimate of drug-likeness (QED) is 0.710.